The molecule has 0 saturated heterocycles. The van der Waals surface area contributed by atoms with Gasteiger partial charge in [0, 0.05) is 47.4 Å². The Morgan fingerprint density at radius 3 is 2.74 bits per heavy atom. The maximum absolute atomic E-state index is 12.5. The lowest BCUT2D eigenvalue weighted by molar-refractivity contribution is 0.401. The summed E-state index contributed by atoms with van der Waals surface area (Å²) in [6.07, 6.45) is 3.62. The van der Waals surface area contributed by atoms with Crippen LogP contribution in [0.1, 0.15) is 5.56 Å². The number of hydrogen-bond donors (Lipinski definition) is 2. The monoisotopic (exact) mass is 431 g/mol. The van der Waals surface area contributed by atoms with Crippen LogP contribution in [0.15, 0.2) is 65.7 Å². The van der Waals surface area contributed by atoms with E-state index in [1.54, 1.807) is 24.4 Å². The second kappa shape index (κ2) is 7.18. The van der Waals surface area contributed by atoms with Crippen molar-refractivity contribution in [2.24, 2.45) is 7.05 Å². The third kappa shape index (κ3) is 3.31. The van der Waals surface area contributed by atoms with Crippen LogP contribution in [0.4, 0.5) is 0 Å². The van der Waals surface area contributed by atoms with E-state index in [1.165, 1.54) is 0 Å². The van der Waals surface area contributed by atoms with Gasteiger partial charge in [0.15, 0.2) is 5.75 Å². The van der Waals surface area contributed by atoms with Crippen LogP contribution in [-0.2, 0) is 7.05 Å². The summed E-state index contributed by atoms with van der Waals surface area (Å²) in [6, 6.07) is 14.9. The first kappa shape index (κ1) is 19.2. The lowest BCUT2D eigenvalue weighted by Crippen LogP contribution is -2.09. The molecule has 0 saturated carbocycles. The van der Waals surface area contributed by atoms with Crippen molar-refractivity contribution in [1.82, 2.24) is 14.5 Å². The Morgan fingerprint density at radius 1 is 1.13 bits per heavy atom. The van der Waals surface area contributed by atoms with Gasteiger partial charge in [0.05, 0.1) is 10.5 Å². The van der Waals surface area contributed by atoms with Gasteiger partial charge in [-0.1, -0.05) is 23.7 Å². The number of nitrogens with one attached hydrogen (secondary N) is 1. The van der Waals surface area contributed by atoms with E-state index in [2.05, 4.69) is 9.97 Å². The largest absolute Gasteiger partial charge is 0.504 e. The molecule has 0 aliphatic rings. The molecule has 6 nitrogen and oxygen atoms in total. The molecule has 0 spiro atoms. The third-order valence-corrected chi connectivity index (χ3v) is 5.63. The van der Waals surface area contributed by atoms with E-state index in [1.807, 2.05) is 55.1 Å². The van der Waals surface area contributed by atoms with Crippen molar-refractivity contribution in [3.8, 4) is 28.5 Å². The number of hydrogen-bond acceptors (Lipinski definition) is 4. The second-order valence-corrected chi connectivity index (χ2v) is 7.89. The van der Waals surface area contributed by atoms with Crippen molar-refractivity contribution in [3.05, 3.63) is 81.9 Å². The number of pyridine rings is 2. The highest BCUT2D eigenvalue weighted by Gasteiger charge is 2.17. The zero-order valence-electron chi connectivity index (χ0n) is 16.8. The number of rotatable bonds is 3. The molecule has 0 radical (unpaired) electrons. The molecule has 31 heavy (non-hydrogen) atoms. The molecule has 154 valence electrons. The molecule has 0 fully saturated rings. The van der Waals surface area contributed by atoms with E-state index in [0.29, 0.717) is 15.9 Å². The lowest BCUT2D eigenvalue weighted by Gasteiger charge is -2.12. The average Bonchev–Trinajstić information content (AvgIpc) is 3.12. The zero-order valence-corrected chi connectivity index (χ0v) is 17.6. The van der Waals surface area contributed by atoms with Gasteiger partial charge in [-0.3, -0.25) is 4.79 Å². The smallest absolute Gasteiger partial charge is 0.295 e. The molecule has 2 aromatic carbocycles. The van der Waals surface area contributed by atoms with Gasteiger partial charge >= 0.3 is 0 Å². The number of aromatic nitrogens is 3. The molecule has 3 aromatic heterocycles. The summed E-state index contributed by atoms with van der Waals surface area (Å²) in [4.78, 5) is 19.4. The van der Waals surface area contributed by atoms with Crippen LogP contribution in [0.5, 0.6) is 17.4 Å². The predicted octanol–water partition coefficient (Wildman–Crippen LogP) is 5.54. The summed E-state index contributed by atoms with van der Waals surface area (Å²) < 4.78 is 7.64. The van der Waals surface area contributed by atoms with Crippen LogP contribution < -0.4 is 10.3 Å². The molecule has 0 bridgehead atoms. The first-order valence-electron chi connectivity index (χ1n) is 9.65. The zero-order chi connectivity index (χ0) is 21.7. The van der Waals surface area contributed by atoms with Crippen LogP contribution in [0.3, 0.4) is 0 Å². The maximum Gasteiger partial charge on any atom is 0.295 e. The number of H-pyrrole nitrogens is 1. The average molecular weight is 432 g/mol. The molecule has 5 rings (SSSR count). The van der Waals surface area contributed by atoms with E-state index in [9.17, 15) is 9.90 Å². The van der Waals surface area contributed by atoms with Crippen molar-refractivity contribution < 1.29 is 9.84 Å². The minimum atomic E-state index is -0.568. The normalized spacial score (nSPS) is 11.3. The fourth-order valence-corrected chi connectivity index (χ4v) is 3.94. The van der Waals surface area contributed by atoms with Crippen molar-refractivity contribution in [2.75, 3.05) is 0 Å². The van der Waals surface area contributed by atoms with Crippen molar-refractivity contribution in [3.63, 3.8) is 0 Å². The first-order chi connectivity index (χ1) is 14.9. The topological polar surface area (TPSA) is 80.1 Å². The van der Waals surface area contributed by atoms with Crippen LogP contribution in [-0.4, -0.2) is 19.6 Å². The van der Waals surface area contributed by atoms with Gasteiger partial charge in [0.1, 0.15) is 0 Å². The van der Waals surface area contributed by atoms with Gasteiger partial charge in [-0.05, 0) is 48.4 Å². The molecule has 0 aliphatic carbocycles. The number of aromatic hydroxyl groups is 1. The van der Waals surface area contributed by atoms with Crippen LogP contribution in [0.25, 0.3) is 32.9 Å². The highest BCUT2D eigenvalue weighted by atomic mass is 35.5. The number of fused-ring (bicyclic) bond motifs is 2. The minimum Gasteiger partial charge on any atom is -0.504 e. The van der Waals surface area contributed by atoms with Gasteiger partial charge in [0.25, 0.3) is 5.56 Å². The quantitative estimate of drug-likeness (QED) is 0.393. The van der Waals surface area contributed by atoms with Crippen molar-refractivity contribution >= 4 is 33.4 Å². The molecule has 7 heteroatoms. The summed E-state index contributed by atoms with van der Waals surface area (Å²) in [5.74, 6) is -0.259. The molecule has 0 atom stereocenters. The van der Waals surface area contributed by atoms with Crippen molar-refractivity contribution in [2.45, 2.75) is 6.92 Å². The fourth-order valence-electron chi connectivity index (χ4n) is 3.67. The number of ether oxygens (including phenoxy) is 1. The maximum atomic E-state index is 12.5. The summed E-state index contributed by atoms with van der Waals surface area (Å²) in [5, 5.41) is 12.8. The third-order valence-electron chi connectivity index (χ3n) is 5.32. The SMILES string of the molecule is Cc1ccc(Oc2c(O)c3cc(-c4ccc5c(ccn5C)c4)c(Cl)cc3[nH]c2=O)nc1. The summed E-state index contributed by atoms with van der Waals surface area (Å²) in [7, 11) is 1.99. The highest BCUT2D eigenvalue weighted by molar-refractivity contribution is 6.34. The number of nitrogens with zero attached hydrogens (tertiary/aromatic N) is 2. The molecular weight excluding hydrogens is 414 g/mol. The van der Waals surface area contributed by atoms with Crippen LogP contribution in [0, 0.1) is 6.92 Å². The van der Waals surface area contributed by atoms with Gasteiger partial charge in [0.2, 0.25) is 11.6 Å². The van der Waals surface area contributed by atoms with E-state index < -0.39 is 5.56 Å². The highest BCUT2D eigenvalue weighted by Crippen LogP contribution is 2.39. The Balaban J connectivity index is 1.66. The Kier molecular flexibility index (Phi) is 4.45. The number of aryl methyl sites for hydroxylation is 2. The van der Waals surface area contributed by atoms with E-state index >= 15 is 0 Å². The summed E-state index contributed by atoms with van der Waals surface area (Å²) in [6.45, 7) is 1.90. The first-order valence-corrected chi connectivity index (χ1v) is 10.0. The Morgan fingerprint density at radius 2 is 1.97 bits per heavy atom. The number of aromatic amines is 1. The Labute approximate surface area is 182 Å². The van der Waals surface area contributed by atoms with Gasteiger partial charge < -0.3 is 19.4 Å². The van der Waals surface area contributed by atoms with E-state index in [4.69, 9.17) is 16.3 Å². The van der Waals surface area contributed by atoms with E-state index in [-0.39, 0.29) is 17.4 Å². The fraction of sp³-hybridized carbons (Fsp3) is 0.0833. The van der Waals surface area contributed by atoms with Crippen molar-refractivity contribution in [1.29, 1.82) is 0 Å². The van der Waals surface area contributed by atoms with Gasteiger partial charge in [-0.2, -0.15) is 0 Å². The lowest BCUT2D eigenvalue weighted by atomic mass is 10.0. The number of halogens is 1. The Bertz CT molecular complexity index is 1520. The molecular formula is C24H18ClN3O3. The minimum absolute atomic E-state index is 0.212. The van der Waals surface area contributed by atoms with Gasteiger partial charge in [-0.25, -0.2) is 4.98 Å². The molecule has 0 amide bonds. The van der Waals surface area contributed by atoms with E-state index in [0.717, 1.165) is 27.6 Å². The molecule has 5 aromatic rings. The second-order valence-electron chi connectivity index (χ2n) is 7.49. The molecule has 0 unspecified atom stereocenters. The van der Waals surface area contributed by atoms with Crippen LogP contribution >= 0.6 is 11.6 Å². The summed E-state index contributed by atoms with van der Waals surface area (Å²) in [5.41, 5.74) is 3.55. The predicted molar refractivity (Wildman–Crippen MR) is 122 cm³/mol. The van der Waals surface area contributed by atoms with Gasteiger partial charge in [-0.15, -0.1) is 0 Å². The molecule has 2 N–H and O–H groups in total. The standard InChI is InChI=1S/C24H18ClN3O3/c1-13-3-6-21(26-12-13)31-23-22(29)17-10-16(18(25)11-19(17)27-24(23)30)14-4-5-20-15(9-14)7-8-28(20)2/h3-12H,1-2H3,(H2,27,29,30). The number of benzene rings is 2. The summed E-state index contributed by atoms with van der Waals surface area (Å²) >= 11 is 6.53. The van der Waals surface area contributed by atoms with Crippen LogP contribution in [0.2, 0.25) is 5.02 Å². The Hall–Kier alpha value is -3.77. The molecule has 0 aliphatic heterocycles. The molecule has 3 heterocycles.